The minimum absolute atomic E-state index is 0.0569. The van der Waals surface area contributed by atoms with Gasteiger partial charge in [-0.2, -0.15) is 0 Å². The number of rotatable bonds is 3. The average Bonchev–Trinajstić information content (AvgIpc) is 2.68. The molecule has 138 valence electrons. The highest BCUT2D eigenvalue weighted by molar-refractivity contribution is 14.1. The van der Waals surface area contributed by atoms with Gasteiger partial charge >= 0.3 is 0 Å². The molecule has 3 nitrogen and oxygen atoms in total. The van der Waals surface area contributed by atoms with Crippen LogP contribution in [-0.2, 0) is 0 Å². The van der Waals surface area contributed by atoms with Crippen LogP contribution in [-0.4, -0.2) is 9.55 Å². The Bertz CT molecular complexity index is 1270. The predicted molar refractivity (Wildman–Crippen MR) is 125 cm³/mol. The monoisotopic (exact) mass is 478 g/mol. The molecule has 0 saturated carbocycles. The van der Waals surface area contributed by atoms with Gasteiger partial charge in [0.1, 0.15) is 5.82 Å². The van der Waals surface area contributed by atoms with Crippen molar-refractivity contribution < 1.29 is 0 Å². The summed E-state index contributed by atoms with van der Waals surface area (Å²) >= 11 is 2.22. The van der Waals surface area contributed by atoms with Crippen molar-refractivity contribution in [3.8, 4) is 5.69 Å². The first kappa shape index (κ1) is 18.6. The van der Waals surface area contributed by atoms with Gasteiger partial charge in [-0.1, -0.05) is 42.5 Å². The van der Waals surface area contributed by atoms with Gasteiger partial charge in [0, 0.05) is 3.57 Å². The van der Waals surface area contributed by atoms with E-state index < -0.39 is 0 Å². The molecule has 0 atom stereocenters. The fourth-order valence-electron chi connectivity index (χ4n) is 3.24. The summed E-state index contributed by atoms with van der Waals surface area (Å²) in [5, 5.41) is 0.626. The Morgan fingerprint density at radius 3 is 2.54 bits per heavy atom. The van der Waals surface area contributed by atoms with Gasteiger partial charge in [-0.15, -0.1) is 0 Å². The Balaban J connectivity index is 1.98. The molecule has 0 N–H and O–H groups in total. The number of benzene rings is 3. The van der Waals surface area contributed by atoms with Crippen molar-refractivity contribution in [1.82, 2.24) is 9.55 Å². The molecule has 0 radical (unpaired) electrons. The summed E-state index contributed by atoms with van der Waals surface area (Å²) in [7, 11) is 0. The van der Waals surface area contributed by atoms with Crippen LogP contribution >= 0.6 is 22.6 Å². The van der Waals surface area contributed by atoms with E-state index in [0.29, 0.717) is 16.7 Å². The Morgan fingerprint density at radius 2 is 1.75 bits per heavy atom. The molecule has 4 rings (SSSR count). The molecule has 1 aromatic heterocycles. The van der Waals surface area contributed by atoms with Gasteiger partial charge < -0.3 is 0 Å². The SMILES string of the molecule is Cc1cccc(-n2c(C=Cc3ccccc3C)nc3ccc(I)cc3c2=O)c1. The quantitative estimate of drug-likeness (QED) is 0.350. The largest absolute Gasteiger partial charge is 0.268 e. The molecule has 0 bridgehead atoms. The smallest absolute Gasteiger partial charge is 0.266 e. The fraction of sp³-hybridized carbons (Fsp3) is 0.0833. The first-order valence-corrected chi connectivity index (χ1v) is 10.1. The highest BCUT2D eigenvalue weighted by Gasteiger charge is 2.12. The zero-order chi connectivity index (χ0) is 19.7. The minimum atomic E-state index is -0.0569. The van der Waals surface area contributed by atoms with Gasteiger partial charge in [0.05, 0.1) is 16.6 Å². The normalized spacial score (nSPS) is 11.4. The summed E-state index contributed by atoms with van der Waals surface area (Å²) in [6.45, 7) is 4.10. The first-order chi connectivity index (χ1) is 13.5. The Hall–Kier alpha value is -2.73. The second-order valence-electron chi connectivity index (χ2n) is 6.80. The van der Waals surface area contributed by atoms with E-state index in [4.69, 9.17) is 4.98 Å². The van der Waals surface area contributed by atoms with Gasteiger partial charge in [-0.25, -0.2) is 4.98 Å². The van der Waals surface area contributed by atoms with Crippen molar-refractivity contribution in [2.75, 3.05) is 0 Å². The number of halogens is 1. The van der Waals surface area contributed by atoms with Crippen LogP contribution in [0.15, 0.2) is 71.5 Å². The lowest BCUT2D eigenvalue weighted by molar-refractivity contribution is 0.942. The van der Waals surface area contributed by atoms with Gasteiger partial charge in [-0.05, 0) is 89.5 Å². The number of hydrogen-bond acceptors (Lipinski definition) is 2. The molecule has 0 fully saturated rings. The van der Waals surface area contributed by atoms with Crippen molar-refractivity contribution in [3.63, 3.8) is 0 Å². The Kier molecular flexibility index (Phi) is 5.13. The first-order valence-electron chi connectivity index (χ1n) is 9.06. The second kappa shape index (κ2) is 7.72. The molecule has 4 heteroatoms. The van der Waals surface area contributed by atoms with Gasteiger partial charge in [0.15, 0.2) is 0 Å². The van der Waals surface area contributed by atoms with Crippen molar-refractivity contribution >= 4 is 45.6 Å². The summed E-state index contributed by atoms with van der Waals surface area (Å²) in [6.07, 6.45) is 3.94. The number of aromatic nitrogens is 2. The average molecular weight is 478 g/mol. The maximum absolute atomic E-state index is 13.4. The summed E-state index contributed by atoms with van der Waals surface area (Å²) in [6, 6.07) is 21.9. The van der Waals surface area contributed by atoms with Crippen LogP contribution in [0.25, 0.3) is 28.7 Å². The number of fused-ring (bicyclic) bond motifs is 1. The molecular weight excluding hydrogens is 459 g/mol. The highest BCUT2D eigenvalue weighted by atomic mass is 127. The summed E-state index contributed by atoms with van der Waals surface area (Å²) in [5.74, 6) is 0.618. The van der Waals surface area contributed by atoms with Gasteiger partial charge in [0.25, 0.3) is 5.56 Å². The van der Waals surface area contributed by atoms with E-state index >= 15 is 0 Å². The predicted octanol–water partition coefficient (Wildman–Crippen LogP) is 5.78. The van der Waals surface area contributed by atoms with Crippen LogP contribution in [0.5, 0.6) is 0 Å². The summed E-state index contributed by atoms with van der Waals surface area (Å²) < 4.78 is 2.71. The number of aryl methyl sites for hydroxylation is 2. The zero-order valence-corrected chi connectivity index (χ0v) is 17.8. The number of hydrogen-bond donors (Lipinski definition) is 0. The van der Waals surface area contributed by atoms with Crippen LogP contribution in [0, 0.1) is 17.4 Å². The van der Waals surface area contributed by atoms with Crippen molar-refractivity contribution in [1.29, 1.82) is 0 Å². The fourth-order valence-corrected chi connectivity index (χ4v) is 3.73. The summed E-state index contributed by atoms with van der Waals surface area (Å²) in [4.78, 5) is 18.2. The Labute approximate surface area is 177 Å². The molecule has 1 heterocycles. The minimum Gasteiger partial charge on any atom is -0.268 e. The molecule has 0 saturated heterocycles. The van der Waals surface area contributed by atoms with Crippen molar-refractivity contribution in [3.05, 3.63) is 103 Å². The van der Waals surface area contributed by atoms with E-state index in [-0.39, 0.29) is 5.56 Å². The van der Waals surface area contributed by atoms with Crippen molar-refractivity contribution in [2.45, 2.75) is 13.8 Å². The molecule has 0 aliphatic heterocycles. The van der Waals surface area contributed by atoms with E-state index in [0.717, 1.165) is 20.4 Å². The molecule has 0 aliphatic carbocycles. The van der Waals surface area contributed by atoms with E-state index in [9.17, 15) is 4.79 Å². The van der Waals surface area contributed by atoms with E-state index in [1.165, 1.54) is 5.56 Å². The molecule has 0 spiro atoms. The molecule has 0 aliphatic rings. The van der Waals surface area contributed by atoms with Crippen LogP contribution in [0.3, 0.4) is 0 Å². The third kappa shape index (κ3) is 3.64. The maximum Gasteiger partial charge on any atom is 0.266 e. The van der Waals surface area contributed by atoms with Gasteiger partial charge in [0.2, 0.25) is 0 Å². The van der Waals surface area contributed by atoms with Crippen LogP contribution in [0.4, 0.5) is 0 Å². The topological polar surface area (TPSA) is 34.9 Å². The van der Waals surface area contributed by atoms with E-state index in [1.54, 1.807) is 4.57 Å². The van der Waals surface area contributed by atoms with Crippen LogP contribution in [0.1, 0.15) is 22.5 Å². The molecular formula is C24H19IN2O. The van der Waals surface area contributed by atoms with Gasteiger partial charge in [-0.3, -0.25) is 9.36 Å². The number of nitrogens with zero attached hydrogens (tertiary/aromatic N) is 2. The van der Waals surface area contributed by atoms with E-state index in [1.807, 2.05) is 73.7 Å². The molecule has 3 aromatic carbocycles. The molecule has 4 aromatic rings. The van der Waals surface area contributed by atoms with Crippen LogP contribution < -0.4 is 5.56 Å². The second-order valence-corrected chi connectivity index (χ2v) is 8.05. The lowest BCUT2D eigenvalue weighted by Gasteiger charge is -2.12. The Morgan fingerprint density at radius 1 is 0.929 bits per heavy atom. The van der Waals surface area contributed by atoms with Crippen LogP contribution in [0.2, 0.25) is 0 Å². The van der Waals surface area contributed by atoms with E-state index in [2.05, 4.69) is 41.6 Å². The molecule has 0 unspecified atom stereocenters. The molecule has 28 heavy (non-hydrogen) atoms. The standard InChI is InChI=1S/C24H19IN2O/c1-16-6-5-9-20(14-16)27-23(13-10-18-8-4-3-7-17(18)2)26-22-12-11-19(25)15-21(22)24(27)28/h3-15H,1-2H3. The highest BCUT2D eigenvalue weighted by Crippen LogP contribution is 2.19. The lowest BCUT2D eigenvalue weighted by atomic mass is 10.1. The third-order valence-electron chi connectivity index (χ3n) is 4.72. The lowest BCUT2D eigenvalue weighted by Crippen LogP contribution is -2.22. The maximum atomic E-state index is 13.4. The van der Waals surface area contributed by atoms with Crippen molar-refractivity contribution in [2.24, 2.45) is 0 Å². The zero-order valence-electron chi connectivity index (χ0n) is 15.7. The third-order valence-corrected chi connectivity index (χ3v) is 5.39. The summed E-state index contributed by atoms with van der Waals surface area (Å²) in [5.41, 5.74) is 4.86. The molecule has 0 amide bonds.